The second-order valence-electron chi connectivity index (χ2n) is 8.52. The molecule has 0 radical (unpaired) electrons. The van der Waals surface area contributed by atoms with E-state index in [0.717, 1.165) is 19.3 Å². The molecule has 27 heavy (non-hydrogen) atoms. The minimum absolute atomic E-state index is 0.0721. The molecule has 7 heteroatoms. The van der Waals surface area contributed by atoms with E-state index >= 15 is 0 Å². The first-order valence-corrected chi connectivity index (χ1v) is 9.96. The molecule has 0 spiro atoms. The van der Waals surface area contributed by atoms with E-state index in [1.54, 1.807) is 14.1 Å². The summed E-state index contributed by atoms with van der Waals surface area (Å²) in [4.78, 5) is 37.5. The number of nitrogens with one attached hydrogen (secondary N) is 1. The molecular weight excluding hydrogens is 346 g/mol. The summed E-state index contributed by atoms with van der Waals surface area (Å²) in [7, 11) is 3.31. The van der Waals surface area contributed by atoms with Crippen molar-refractivity contribution in [3.05, 3.63) is 0 Å². The van der Waals surface area contributed by atoms with Crippen LogP contribution in [0.15, 0.2) is 0 Å². The Balaban J connectivity index is 4.97. The lowest BCUT2D eigenvalue weighted by Gasteiger charge is -2.33. The fraction of sp³-hybridized carbons (Fsp3) is 0.850. The first kappa shape index (κ1) is 25.4. The van der Waals surface area contributed by atoms with Crippen molar-refractivity contribution in [2.24, 2.45) is 11.3 Å². The van der Waals surface area contributed by atoms with Gasteiger partial charge in [-0.25, -0.2) is 5.06 Å². The number of carbonyl (C=O) groups is 3. The largest absolute Gasteiger partial charge is 0.347 e. The highest BCUT2D eigenvalue weighted by Gasteiger charge is 2.35. The summed E-state index contributed by atoms with van der Waals surface area (Å²) < 4.78 is 0. The van der Waals surface area contributed by atoms with Gasteiger partial charge in [-0.05, 0) is 11.8 Å². The van der Waals surface area contributed by atoms with Crippen LogP contribution in [0.2, 0.25) is 0 Å². The van der Waals surface area contributed by atoms with Crippen molar-refractivity contribution in [2.45, 2.75) is 78.7 Å². The van der Waals surface area contributed by atoms with Crippen LogP contribution in [0, 0.1) is 11.3 Å². The molecule has 0 saturated carbocycles. The summed E-state index contributed by atoms with van der Waals surface area (Å²) >= 11 is 0. The zero-order valence-electron chi connectivity index (χ0n) is 18.0. The molecular formula is C20H39N3O4. The van der Waals surface area contributed by atoms with Crippen molar-refractivity contribution < 1.29 is 19.6 Å². The van der Waals surface area contributed by atoms with Crippen molar-refractivity contribution >= 4 is 18.2 Å². The molecule has 0 aliphatic heterocycles. The number of hydrogen-bond donors (Lipinski definition) is 2. The Bertz CT molecular complexity index is 461. The number of rotatable bonds is 13. The Morgan fingerprint density at radius 3 is 2.11 bits per heavy atom. The second kappa shape index (κ2) is 12.7. The van der Waals surface area contributed by atoms with Crippen LogP contribution in [-0.4, -0.2) is 60.1 Å². The van der Waals surface area contributed by atoms with E-state index in [9.17, 15) is 19.6 Å². The van der Waals surface area contributed by atoms with Crippen molar-refractivity contribution in [2.75, 3.05) is 20.6 Å². The van der Waals surface area contributed by atoms with Gasteiger partial charge in [-0.2, -0.15) is 0 Å². The molecule has 3 amide bonds. The van der Waals surface area contributed by atoms with Crippen LogP contribution in [-0.2, 0) is 14.4 Å². The lowest BCUT2D eigenvalue weighted by Crippen LogP contribution is -2.55. The first-order chi connectivity index (χ1) is 12.5. The molecule has 0 saturated heterocycles. The maximum absolute atomic E-state index is 12.8. The predicted octanol–water partition coefficient (Wildman–Crippen LogP) is 2.82. The number of hydroxylamine groups is 2. The van der Waals surface area contributed by atoms with Crippen LogP contribution in [0.5, 0.6) is 0 Å². The van der Waals surface area contributed by atoms with Gasteiger partial charge in [0.15, 0.2) is 0 Å². The van der Waals surface area contributed by atoms with Crippen LogP contribution >= 0.6 is 0 Å². The van der Waals surface area contributed by atoms with Crippen molar-refractivity contribution in [3.8, 4) is 0 Å². The second-order valence-corrected chi connectivity index (χ2v) is 8.52. The molecule has 0 aromatic heterocycles. The third kappa shape index (κ3) is 10.3. The van der Waals surface area contributed by atoms with Gasteiger partial charge in [-0.15, -0.1) is 0 Å². The van der Waals surface area contributed by atoms with Crippen molar-refractivity contribution in [1.29, 1.82) is 0 Å². The normalized spacial score (nSPS) is 13.6. The highest BCUT2D eigenvalue weighted by atomic mass is 16.5. The van der Waals surface area contributed by atoms with Gasteiger partial charge in [0.25, 0.3) is 0 Å². The SMILES string of the molecule is CCCCCCCCC(CN(O)C=O)C(=O)NC(C(=O)N(C)C)C(C)(C)C. The molecule has 2 N–H and O–H groups in total. The summed E-state index contributed by atoms with van der Waals surface area (Å²) in [6.07, 6.45) is 7.40. The lowest BCUT2D eigenvalue weighted by molar-refractivity contribution is -0.155. The summed E-state index contributed by atoms with van der Waals surface area (Å²) in [6.45, 7) is 7.77. The molecule has 2 unspecified atom stereocenters. The Morgan fingerprint density at radius 2 is 1.63 bits per heavy atom. The monoisotopic (exact) mass is 385 g/mol. The summed E-state index contributed by atoms with van der Waals surface area (Å²) in [5.74, 6) is -1.03. The van der Waals surface area contributed by atoms with Crippen LogP contribution in [0.1, 0.15) is 72.6 Å². The maximum Gasteiger partial charge on any atom is 0.245 e. The first-order valence-electron chi connectivity index (χ1n) is 9.96. The molecule has 7 nitrogen and oxygen atoms in total. The predicted molar refractivity (Wildman–Crippen MR) is 106 cm³/mol. The van der Waals surface area contributed by atoms with E-state index in [2.05, 4.69) is 12.2 Å². The van der Waals surface area contributed by atoms with Gasteiger partial charge in [0.2, 0.25) is 18.2 Å². The standard InChI is InChI=1S/C20H39N3O4/c1-7-8-9-10-11-12-13-16(14-23(27)15-24)18(25)21-17(20(2,3)4)19(26)22(5)6/h15-17,27H,7-14H2,1-6H3,(H,21,25). The zero-order chi connectivity index (χ0) is 21.0. The molecule has 0 heterocycles. The number of nitrogens with zero attached hydrogens (tertiary/aromatic N) is 2. The zero-order valence-corrected chi connectivity index (χ0v) is 18.0. The number of unbranched alkanes of at least 4 members (excludes halogenated alkanes) is 5. The molecule has 0 aliphatic carbocycles. The summed E-state index contributed by atoms with van der Waals surface area (Å²) in [5, 5.41) is 12.9. The van der Waals surface area contributed by atoms with E-state index in [-0.39, 0.29) is 18.4 Å². The van der Waals surface area contributed by atoms with Crippen LogP contribution in [0.25, 0.3) is 0 Å². The van der Waals surface area contributed by atoms with Crippen LogP contribution < -0.4 is 5.32 Å². The Kier molecular flexibility index (Phi) is 11.9. The Morgan fingerprint density at radius 1 is 1.07 bits per heavy atom. The van der Waals surface area contributed by atoms with Gasteiger partial charge in [0, 0.05) is 14.1 Å². The maximum atomic E-state index is 12.8. The molecule has 2 atom stereocenters. The lowest BCUT2D eigenvalue weighted by atomic mass is 9.85. The van der Waals surface area contributed by atoms with E-state index in [4.69, 9.17) is 0 Å². The van der Waals surface area contributed by atoms with E-state index in [0.29, 0.717) is 17.9 Å². The molecule has 0 aliphatic rings. The molecule has 0 aromatic rings. The highest BCUT2D eigenvalue weighted by molar-refractivity contribution is 5.89. The van der Waals surface area contributed by atoms with Crippen molar-refractivity contribution in [1.82, 2.24) is 15.3 Å². The Labute approximate surface area is 164 Å². The van der Waals surface area contributed by atoms with Gasteiger partial charge in [-0.1, -0.05) is 66.2 Å². The third-order valence-corrected chi connectivity index (χ3v) is 4.65. The fourth-order valence-electron chi connectivity index (χ4n) is 2.91. The molecule has 0 fully saturated rings. The smallest absolute Gasteiger partial charge is 0.245 e. The third-order valence-electron chi connectivity index (χ3n) is 4.65. The van der Waals surface area contributed by atoms with Gasteiger partial charge < -0.3 is 10.2 Å². The van der Waals surface area contributed by atoms with Gasteiger partial charge in [0.1, 0.15) is 6.04 Å². The van der Waals surface area contributed by atoms with Gasteiger partial charge in [-0.3, -0.25) is 19.6 Å². The summed E-state index contributed by atoms with van der Waals surface area (Å²) in [6, 6.07) is -0.671. The van der Waals surface area contributed by atoms with Crippen LogP contribution in [0.3, 0.4) is 0 Å². The van der Waals surface area contributed by atoms with E-state index in [1.807, 2.05) is 20.8 Å². The average molecular weight is 386 g/mol. The number of carbonyl (C=O) groups excluding carboxylic acids is 3. The summed E-state index contributed by atoms with van der Waals surface area (Å²) in [5.41, 5.74) is -0.453. The van der Waals surface area contributed by atoms with E-state index < -0.39 is 17.4 Å². The van der Waals surface area contributed by atoms with Gasteiger partial charge >= 0.3 is 0 Å². The van der Waals surface area contributed by atoms with Crippen LogP contribution in [0.4, 0.5) is 0 Å². The average Bonchev–Trinajstić information content (AvgIpc) is 2.59. The topological polar surface area (TPSA) is 90.0 Å². The molecule has 158 valence electrons. The minimum Gasteiger partial charge on any atom is -0.347 e. The van der Waals surface area contributed by atoms with Gasteiger partial charge in [0.05, 0.1) is 12.5 Å². The quantitative estimate of drug-likeness (QED) is 0.221. The Hall–Kier alpha value is -1.63. The molecule has 0 rings (SSSR count). The fourth-order valence-corrected chi connectivity index (χ4v) is 2.91. The number of amides is 3. The molecule has 0 bridgehead atoms. The highest BCUT2D eigenvalue weighted by Crippen LogP contribution is 2.22. The molecule has 0 aromatic carbocycles. The number of likely N-dealkylation sites (N-methyl/N-ethyl adjacent to an activating group) is 1. The minimum atomic E-state index is -0.671. The van der Waals surface area contributed by atoms with E-state index in [1.165, 1.54) is 24.2 Å². The number of hydrogen-bond acceptors (Lipinski definition) is 4. The van der Waals surface area contributed by atoms with Crippen molar-refractivity contribution in [3.63, 3.8) is 0 Å².